The molecule has 128 valence electrons. The molecule has 5 heteroatoms. The van der Waals surface area contributed by atoms with E-state index in [-0.39, 0.29) is 12.4 Å². The summed E-state index contributed by atoms with van der Waals surface area (Å²) in [7, 11) is 0. The lowest BCUT2D eigenvalue weighted by Crippen LogP contribution is -2.29. The van der Waals surface area contributed by atoms with E-state index < -0.39 is 23.2 Å². The number of ether oxygens (including phenoxy) is 1. The van der Waals surface area contributed by atoms with E-state index in [9.17, 15) is 14.5 Å². The van der Waals surface area contributed by atoms with Crippen LogP contribution in [0.1, 0.15) is 47.0 Å². The first-order chi connectivity index (χ1) is 10.2. The summed E-state index contributed by atoms with van der Waals surface area (Å²) in [5, 5.41) is 9.71. The number of hydrogen-bond acceptors (Lipinski definition) is 4. The molecular weight excluding hydrogens is 300 g/mol. The molecule has 0 saturated heterocycles. The number of allylic oxidation sites excluding steroid dienone is 2. The van der Waals surface area contributed by atoms with Crippen LogP contribution in [0.3, 0.4) is 0 Å². The van der Waals surface area contributed by atoms with Gasteiger partial charge in [-0.2, -0.15) is 0 Å². The Kier molecular flexibility index (Phi) is 11.3. The molecule has 22 heavy (non-hydrogen) atoms. The maximum Gasteiger partial charge on any atom is 0.333 e. The van der Waals surface area contributed by atoms with Gasteiger partial charge in [-0.25, -0.2) is 4.79 Å². The summed E-state index contributed by atoms with van der Waals surface area (Å²) in [4.78, 5) is 11.2. The van der Waals surface area contributed by atoms with Crippen molar-refractivity contribution in [1.29, 1.82) is 0 Å². The first-order valence-corrected chi connectivity index (χ1v) is 9.20. The van der Waals surface area contributed by atoms with Crippen LogP contribution >= 0.6 is 0 Å². The van der Waals surface area contributed by atoms with Gasteiger partial charge in [0.2, 0.25) is 0 Å². The highest BCUT2D eigenvalue weighted by Gasteiger charge is 2.17. The Labute approximate surface area is 137 Å². The third-order valence-electron chi connectivity index (χ3n) is 3.18. The molecule has 3 atom stereocenters. The minimum Gasteiger partial charge on any atom is -0.616 e. The van der Waals surface area contributed by atoms with E-state index >= 15 is 0 Å². The summed E-state index contributed by atoms with van der Waals surface area (Å²) in [6, 6.07) is 0. The normalized spacial score (nSPS) is 14.8. The lowest BCUT2D eigenvalue weighted by atomic mass is 10.0. The van der Waals surface area contributed by atoms with E-state index in [0.29, 0.717) is 17.2 Å². The Morgan fingerprint density at radius 1 is 1.36 bits per heavy atom. The number of aliphatic hydroxyl groups is 1. The van der Waals surface area contributed by atoms with Gasteiger partial charge < -0.3 is 14.4 Å². The van der Waals surface area contributed by atoms with Gasteiger partial charge in [0.1, 0.15) is 24.2 Å². The highest BCUT2D eigenvalue weighted by Crippen LogP contribution is 2.13. The first kappa shape index (κ1) is 21.2. The van der Waals surface area contributed by atoms with Crippen molar-refractivity contribution in [2.24, 2.45) is 5.92 Å². The van der Waals surface area contributed by atoms with Crippen molar-refractivity contribution in [3.63, 3.8) is 0 Å². The highest BCUT2D eigenvalue weighted by molar-refractivity contribution is 7.91. The minimum absolute atomic E-state index is 0.131. The van der Waals surface area contributed by atoms with Crippen LogP contribution in [0, 0.1) is 5.92 Å². The van der Waals surface area contributed by atoms with Crippen LogP contribution in [0.4, 0.5) is 0 Å². The van der Waals surface area contributed by atoms with Gasteiger partial charge in [0.05, 0.1) is 0 Å². The largest absolute Gasteiger partial charge is 0.616 e. The van der Waals surface area contributed by atoms with E-state index in [1.807, 2.05) is 0 Å². The molecule has 0 aromatic carbocycles. The zero-order chi connectivity index (χ0) is 17.1. The average molecular weight is 330 g/mol. The predicted octanol–water partition coefficient (Wildman–Crippen LogP) is 2.99. The van der Waals surface area contributed by atoms with Crippen molar-refractivity contribution in [2.45, 2.75) is 53.1 Å². The smallest absolute Gasteiger partial charge is 0.333 e. The summed E-state index contributed by atoms with van der Waals surface area (Å²) in [6.07, 6.45) is 4.34. The second-order valence-electron chi connectivity index (χ2n) is 6.10. The van der Waals surface area contributed by atoms with E-state index in [0.717, 1.165) is 19.3 Å². The highest BCUT2D eigenvalue weighted by atomic mass is 32.2. The molecule has 0 fully saturated rings. The Morgan fingerprint density at radius 3 is 2.55 bits per heavy atom. The van der Waals surface area contributed by atoms with Gasteiger partial charge in [-0.15, -0.1) is 0 Å². The van der Waals surface area contributed by atoms with Crippen LogP contribution in [0.15, 0.2) is 23.8 Å². The van der Waals surface area contributed by atoms with Gasteiger partial charge in [0.25, 0.3) is 0 Å². The molecule has 3 unspecified atom stereocenters. The number of rotatable bonds is 11. The molecule has 0 saturated carbocycles. The SMILES string of the molecule is C=C(C)C(=O)OCC(O)C[S+]([O-])CCC(C)CCC=C(C)C. The fraction of sp³-hybridized carbons (Fsp3) is 0.706. The molecule has 0 aromatic heterocycles. The van der Waals surface area contributed by atoms with Crippen LogP contribution < -0.4 is 0 Å². The zero-order valence-corrected chi connectivity index (χ0v) is 15.1. The molecule has 4 nitrogen and oxygen atoms in total. The molecule has 0 radical (unpaired) electrons. The first-order valence-electron chi connectivity index (χ1n) is 7.71. The van der Waals surface area contributed by atoms with Gasteiger partial charge >= 0.3 is 5.97 Å². The van der Waals surface area contributed by atoms with Crippen LogP contribution in [0.25, 0.3) is 0 Å². The Hall–Kier alpha value is -0.780. The number of aliphatic hydroxyl groups excluding tert-OH is 1. The summed E-state index contributed by atoms with van der Waals surface area (Å²) >= 11 is -1.09. The maximum atomic E-state index is 11.9. The number of esters is 1. The van der Waals surface area contributed by atoms with Crippen molar-refractivity contribution in [2.75, 3.05) is 18.1 Å². The van der Waals surface area contributed by atoms with Crippen molar-refractivity contribution in [3.8, 4) is 0 Å². The van der Waals surface area contributed by atoms with E-state index in [1.54, 1.807) is 6.92 Å². The summed E-state index contributed by atoms with van der Waals surface area (Å²) < 4.78 is 16.7. The Morgan fingerprint density at radius 2 is 2.00 bits per heavy atom. The standard InChI is InChI=1S/C17H30O4S/c1-13(2)7-6-8-15(5)9-10-22(20)12-16(18)11-21-17(19)14(3)4/h7,15-16,18H,3,6,8-12H2,1-2,4-5H3. The second-order valence-corrected chi connectivity index (χ2v) is 7.72. The summed E-state index contributed by atoms with van der Waals surface area (Å²) in [6.45, 7) is 11.2. The molecule has 1 N–H and O–H groups in total. The lowest BCUT2D eigenvalue weighted by Gasteiger charge is -2.17. The number of hydrogen-bond donors (Lipinski definition) is 1. The average Bonchev–Trinajstić information content (AvgIpc) is 2.41. The third kappa shape index (κ3) is 11.8. The van der Waals surface area contributed by atoms with E-state index in [1.165, 1.54) is 5.57 Å². The predicted molar refractivity (Wildman–Crippen MR) is 92.1 cm³/mol. The number of carbonyl (C=O) groups excluding carboxylic acids is 1. The van der Waals surface area contributed by atoms with E-state index in [2.05, 4.69) is 33.4 Å². The van der Waals surface area contributed by atoms with Crippen molar-refractivity contribution in [3.05, 3.63) is 23.8 Å². The summed E-state index contributed by atoms with van der Waals surface area (Å²) in [5.41, 5.74) is 1.61. The Balaban J connectivity index is 3.83. The van der Waals surface area contributed by atoms with Gasteiger partial charge in [-0.1, -0.05) is 36.3 Å². The van der Waals surface area contributed by atoms with E-state index in [4.69, 9.17) is 4.74 Å². The maximum absolute atomic E-state index is 11.9. The fourth-order valence-corrected chi connectivity index (χ4v) is 3.13. The quantitative estimate of drug-likeness (QED) is 0.274. The molecule has 0 aliphatic rings. The Bertz CT molecular complexity index is 375. The molecule has 0 aromatic rings. The van der Waals surface area contributed by atoms with Crippen molar-refractivity contribution >= 4 is 17.1 Å². The molecule has 0 aliphatic carbocycles. The fourth-order valence-electron chi connectivity index (χ4n) is 1.77. The van der Waals surface area contributed by atoms with Crippen molar-refractivity contribution < 1.29 is 19.2 Å². The van der Waals surface area contributed by atoms with Crippen LogP contribution in [0.5, 0.6) is 0 Å². The summed E-state index contributed by atoms with van der Waals surface area (Å²) in [5.74, 6) is 0.696. The lowest BCUT2D eigenvalue weighted by molar-refractivity contribution is -0.141. The molecular formula is C17H30O4S. The molecule has 0 bridgehead atoms. The molecule has 0 heterocycles. The van der Waals surface area contributed by atoms with Gasteiger partial charge in [-0.05, 0) is 46.0 Å². The topological polar surface area (TPSA) is 69.6 Å². The van der Waals surface area contributed by atoms with Crippen LogP contribution in [-0.2, 0) is 20.7 Å². The second kappa shape index (κ2) is 11.7. The number of carbonyl (C=O) groups is 1. The third-order valence-corrected chi connectivity index (χ3v) is 4.63. The van der Waals surface area contributed by atoms with Crippen LogP contribution in [-0.4, -0.2) is 39.8 Å². The zero-order valence-electron chi connectivity index (χ0n) is 14.3. The molecule has 0 amide bonds. The molecule has 0 aliphatic heterocycles. The monoisotopic (exact) mass is 330 g/mol. The van der Waals surface area contributed by atoms with Gasteiger partial charge in [-0.3, -0.25) is 0 Å². The van der Waals surface area contributed by atoms with Crippen LogP contribution in [0.2, 0.25) is 0 Å². The van der Waals surface area contributed by atoms with Crippen molar-refractivity contribution in [1.82, 2.24) is 0 Å². The minimum atomic E-state index is -1.09. The van der Waals surface area contributed by atoms with Gasteiger partial charge in [0, 0.05) is 5.57 Å². The molecule has 0 spiro atoms. The molecule has 0 rings (SSSR count). The van der Waals surface area contributed by atoms with Gasteiger partial charge in [0.15, 0.2) is 0 Å².